The molecule has 0 radical (unpaired) electrons. The lowest BCUT2D eigenvalue weighted by atomic mass is 9.98. The van der Waals surface area contributed by atoms with Gasteiger partial charge < -0.3 is 10.2 Å². The van der Waals surface area contributed by atoms with Crippen molar-refractivity contribution in [3.63, 3.8) is 0 Å². The van der Waals surface area contributed by atoms with Gasteiger partial charge in [-0.3, -0.25) is 0 Å². The smallest absolute Gasteiger partial charge is 0.129 e. The molecule has 0 bridgehead atoms. The zero-order valence-corrected chi connectivity index (χ0v) is 12.3. The summed E-state index contributed by atoms with van der Waals surface area (Å²) < 4.78 is 0. The van der Waals surface area contributed by atoms with E-state index < -0.39 is 0 Å². The van der Waals surface area contributed by atoms with Gasteiger partial charge in [-0.1, -0.05) is 53.7 Å². The Morgan fingerprint density at radius 3 is 2.10 bits per heavy atom. The maximum Gasteiger partial charge on any atom is 0.129 e. The van der Waals surface area contributed by atoms with Crippen molar-refractivity contribution in [2.75, 3.05) is 20.2 Å². The van der Waals surface area contributed by atoms with Gasteiger partial charge in [0.2, 0.25) is 0 Å². The predicted molar refractivity (Wildman–Crippen MR) is 85.8 cm³/mol. The van der Waals surface area contributed by atoms with Gasteiger partial charge in [0.25, 0.3) is 0 Å². The largest absolute Gasteiger partial charge is 0.394 e. The monoisotopic (exact) mass is 280 g/mol. The molecule has 0 aromatic heterocycles. The number of aryl methyl sites for hydroxylation is 2. The van der Waals surface area contributed by atoms with Gasteiger partial charge in [-0.15, -0.1) is 0 Å². The first kappa shape index (κ1) is 13.8. The van der Waals surface area contributed by atoms with Gasteiger partial charge >= 0.3 is 0 Å². The number of hydrogen-bond acceptors (Lipinski definition) is 3. The van der Waals surface area contributed by atoms with Crippen LogP contribution in [0.25, 0.3) is 0 Å². The first-order valence-electron chi connectivity index (χ1n) is 7.41. The Morgan fingerprint density at radius 2 is 1.52 bits per heavy atom. The molecular formula is C18H20N2O. The van der Waals surface area contributed by atoms with Crippen molar-refractivity contribution in [2.24, 2.45) is 5.16 Å². The number of oxime groups is 1. The summed E-state index contributed by atoms with van der Waals surface area (Å²) in [4.78, 5) is 5.51. The van der Waals surface area contributed by atoms with E-state index in [0.717, 1.165) is 25.1 Å². The van der Waals surface area contributed by atoms with E-state index in [0.29, 0.717) is 6.61 Å². The lowest BCUT2D eigenvalue weighted by molar-refractivity contribution is 0.148. The third-order valence-electron chi connectivity index (χ3n) is 3.81. The van der Waals surface area contributed by atoms with Crippen LogP contribution in [-0.4, -0.2) is 25.9 Å². The topological polar surface area (TPSA) is 33.6 Å². The predicted octanol–water partition coefficient (Wildman–Crippen LogP) is 2.77. The van der Waals surface area contributed by atoms with Gasteiger partial charge in [-0.25, -0.2) is 0 Å². The number of hydrogen-bond donors (Lipinski definition) is 1. The first-order valence-corrected chi connectivity index (χ1v) is 7.41. The highest BCUT2D eigenvalue weighted by atomic mass is 16.6. The average Bonchev–Trinajstić information content (AvgIpc) is 2.69. The summed E-state index contributed by atoms with van der Waals surface area (Å²) in [5, 5.41) is 7.50. The van der Waals surface area contributed by atoms with Crippen LogP contribution in [0, 0.1) is 0 Å². The normalized spacial score (nSPS) is 13.1. The first-order chi connectivity index (χ1) is 10.4. The minimum absolute atomic E-state index is 0.574. The van der Waals surface area contributed by atoms with Gasteiger partial charge in [0.15, 0.2) is 0 Å². The summed E-state index contributed by atoms with van der Waals surface area (Å²) >= 11 is 0. The molecule has 0 aliphatic heterocycles. The highest BCUT2D eigenvalue weighted by Gasteiger charge is 2.19. The zero-order valence-electron chi connectivity index (χ0n) is 12.3. The van der Waals surface area contributed by atoms with Crippen molar-refractivity contribution in [3.8, 4) is 0 Å². The second-order valence-electron chi connectivity index (χ2n) is 5.19. The van der Waals surface area contributed by atoms with E-state index in [1.165, 1.54) is 22.3 Å². The minimum atomic E-state index is 0.574. The Kier molecular flexibility index (Phi) is 4.31. The van der Waals surface area contributed by atoms with Crippen LogP contribution in [0.1, 0.15) is 22.3 Å². The second kappa shape index (κ2) is 6.55. The number of fused-ring (bicyclic) bond motifs is 2. The van der Waals surface area contributed by atoms with Gasteiger partial charge in [0, 0.05) is 17.7 Å². The van der Waals surface area contributed by atoms with Crippen LogP contribution < -0.4 is 5.32 Å². The van der Waals surface area contributed by atoms with Gasteiger partial charge in [-0.05, 0) is 31.0 Å². The molecule has 0 atom stereocenters. The maximum atomic E-state index is 5.51. The van der Waals surface area contributed by atoms with E-state index in [9.17, 15) is 0 Å². The molecule has 0 saturated carbocycles. The molecule has 2 aromatic carbocycles. The number of benzene rings is 2. The molecular weight excluding hydrogens is 260 g/mol. The molecule has 1 aliphatic carbocycles. The van der Waals surface area contributed by atoms with Crippen LogP contribution >= 0.6 is 0 Å². The number of nitrogens with zero attached hydrogens (tertiary/aromatic N) is 1. The van der Waals surface area contributed by atoms with Gasteiger partial charge in [0.1, 0.15) is 12.3 Å². The molecule has 0 spiro atoms. The fourth-order valence-corrected chi connectivity index (χ4v) is 2.71. The lowest BCUT2D eigenvalue weighted by Crippen LogP contribution is -2.14. The van der Waals surface area contributed by atoms with Crippen LogP contribution in [0.4, 0.5) is 0 Å². The fourth-order valence-electron chi connectivity index (χ4n) is 2.71. The summed E-state index contributed by atoms with van der Waals surface area (Å²) in [6, 6.07) is 17.0. The van der Waals surface area contributed by atoms with Crippen LogP contribution in [0.15, 0.2) is 53.7 Å². The zero-order chi connectivity index (χ0) is 14.5. The molecule has 3 nitrogen and oxygen atoms in total. The third-order valence-corrected chi connectivity index (χ3v) is 3.81. The van der Waals surface area contributed by atoms with E-state index in [1.54, 1.807) is 0 Å². The van der Waals surface area contributed by atoms with Gasteiger partial charge in [-0.2, -0.15) is 0 Å². The van der Waals surface area contributed by atoms with E-state index in [4.69, 9.17) is 4.84 Å². The molecule has 0 saturated heterocycles. The Morgan fingerprint density at radius 1 is 0.952 bits per heavy atom. The van der Waals surface area contributed by atoms with E-state index >= 15 is 0 Å². The van der Waals surface area contributed by atoms with E-state index in [1.807, 2.05) is 7.05 Å². The maximum absolute atomic E-state index is 5.51. The van der Waals surface area contributed by atoms with Crippen molar-refractivity contribution >= 4 is 5.71 Å². The second-order valence-corrected chi connectivity index (χ2v) is 5.19. The average molecular weight is 280 g/mol. The van der Waals surface area contributed by atoms with Crippen molar-refractivity contribution in [3.05, 3.63) is 70.8 Å². The quantitative estimate of drug-likeness (QED) is 0.690. The Balaban J connectivity index is 2.03. The van der Waals surface area contributed by atoms with Crippen LogP contribution in [0.5, 0.6) is 0 Å². The fraction of sp³-hybridized carbons (Fsp3) is 0.278. The molecule has 3 heteroatoms. The van der Waals surface area contributed by atoms with E-state index in [2.05, 4.69) is 59.0 Å². The molecule has 1 aliphatic rings. The highest BCUT2D eigenvalue weighted by Crippen LogP contribution is 2.25. The Hall–Kier alpha value is -2.13. The molecule has 3 rings (SSSR count). The summed E-state index contributed by atoms with van der Waals surface area (Å²) in [5.41, 5.74) is 6.00. The SMILES string of the molecule is CNCCON=C1c2ccccc2CCc2ccccc21. The molecule has 0 heterocycles. The van der Waals surface area contributed by atoms with E-state index in [-0.39, 0.29) is 0 Å². The van der Waals surface area contributed by atoms with Crippen LogP contribution in [-0.2, 0) is 17.7 Å². The summed E-state index contributed by atoms with van der Waals surface area (Å²) in [6.45, 7) is 1.37. The number of nitrogens with one attached hydrogen (secondary N) is 1. The molecule has 108 valence electrons. The highest BCUT2D eigenvalue weighted by molar-refractivity contribution is 6.14. The Labute approximate surface area is 125 Å². The standard InChI is InChI=1S/C18H20N2O/c1-19-12-13-21-20-18-16-8-4-2-6-14(16)10-11-15-7-3-5-9-17(15)18/h2-9,19H,10-13H2,1H3. The summed E-state index contributed by atoms with van der Waals surface area (Å²) in [6.07, 6.45) is 2.09. The van der Waals surface area contributed by atoms with Crippen molar-refractivity contribution in [1.29, 1.82) is 0 Å². The lowest BCUT2D eigenvalue weighted by Gasteiger charge is -2.10. The number of likely N-dealkylation sites (N-methyl/N-ethyl adjacent to an activating group) is 1. The van der Waals surface area contributed by atoms with Crippen LogP contribution in [0.3, 0.4) is 0 Å². The molecule has 0 fully saturated rings. The molecule has 1 N–H and O–H groups in total. The molecule has 0 amide bonds. The Bertz CT molecular complexity index is 600. The van der Waals surface area contributed by atoms with Crippen molar-refractivity contribution in [1.82, 2.24) is 5.32 Å². The summed E-state index contributed by atoms with van der Waals surface area (Å²) in [7, 11) is 1.91. The summed E-state index contributed by atoms with van der Waals surface area (Å²) in [5.74, 6) is 0. The van der Waals surface area contributed by atoms with Gasteiger partial charge in [0.05, 0.1) is 0 Å². The molecule has 21 heavy (non-hydrogen) atoms. The third kappa shape index (κ3) is 2.98. The molecule has 2 aromatic rings. The van der Waals surface area contributed by atoms with Crippen molar-refractivity contribution in [2.45, 2.75) is 12.8 Å². The minimum Gasteiger partial charge on any atom is -0.394 e. The van der Waals surface area contributed by atoms with Crippen LogP contribution in [0.2, 0.25) is 0 Å². The molecule has 0 unspecified atom stereocenters. The van der Waals surface area contributed by atoms with Crippen molar-refractivity contribution < 1.29 is 4.84 Å². The number of rotatable bonds is 4.